The smallest absolute Gasteiger partial charge is 0.251 e. The molecule has 9 heteroatoms. The molecule has 1 aliphatic heterocycles. The maximum Gasteiger partial charge on any atom is 0.251 e. The van der Waals surface area contributed by atoms with Crippen LogP contribution in [0, 0.1) is 5.92 Å². The van der Waals surface area contributed by atoms with E-state index < -0.39 is 0 Å². The third-order valence-electron chi connectivity index (χ3n) is 8.94. The van der Waals surface area contributed by atoms with Gasteiger partial charge in [0.1, 0.15) is 12.4 Å². The second kappa shape index (κ2) is 14.8. The van der Waals surface area contributed by atoms with Crippen molar-refractivity contribution in [1.29, 1.82) is 0 Å². The van der Waals surface area contributed by atoms with E-state index in [1.165, 1.54) is 72.4 Å². The number of halogens is 2. The maximum atomic E-state index is 11.9. The van der Waals surface area contributed by atoms with Crippen LogP contribution in [0.3, 0.4) is 0 Å². The summed E-state index contributed by atoms with van der Waals surface area (Å²) in [6.45, 7) is 0.310. The first-order chi connectivity index (χ1) is 23.0. The Balaban J connectivity index is 1.12. The van der Waals surface area contributed by atoms with Crippen molar-refractivity contribution in [2.45, 2.75) is 49.8 Å². The molecule has 2 aliphatic rings. The molecule has 1 N–H and O–H groups in total. The van der Waals surface area contributed by atoms with Crippen molar-refractivity contribution in [3.8, 4) is 28.1 Å². The minimum Gasteiger partial charge on any atom is -0.303 e. The molecule has 240 valence electrons. The molecular weight excluding hydrogens is 663 g/mol. The minimum absolute atomic E-state index is 0.00743. The average Bonchev–Trinajstić information content (AvgIpc) is 3.72. The van der Waals surface area contributed by atoms with Crippen LogP contribution in [0.15, 0.2) is 102 Å². The van der Waals surface area contributed by atoms with Crippen LogP contribution in [-0.4, -0.2) is 27.8 Å². The average molecular weight is 700 g/mol. The molecule has 4 aromatic carbocycles. The highest BCUT2D eigenvalue weighted by Gasteiger charge is 2.22. The number of anilines is 1. The number of nitrogens with zero attached hydrogens (tertiary/aromatic N) is 3. The number of carbonyl (C=O) groups excluding carboxylic acids is 1. The van der Waals surface area contributed by atoms with E-state index in [2.05, 4.69) is 70.0 Å². The number of imidazole rings is 1. The first-order valence-electron chi connectivity index (χ1n) is 16.2. The topological polar surface area (TPSA) is 50.2 Å². The fraction of sp³-hybridized carbons (Fsp3) is 0.263. The van der Waals surface area contributed by atoms with Crippen molar-refractivity contribution in [2.75, 3.05) is 16.6 Å². The Morgan fingerprint density at radius 1 is 0.872 bits per heavy atom. The summed E-state index contributed by atoms with van der Waals surface area (Å²) in [5.41, 5.74) is 7.10. The number of hydrogen-bond acceptors (Lipinski definition) is 5. The van der Waals surface area contributed by atoms with Crippen LogP contribution in [0.4, 0.5) is 5.69 Å². The molecule has 0 atom stereocenters. The standard InChI is InChI=1S/C38H36Cl2N4OS2/c39-30-16-17-34(35(40)22-30)36-24-43(31-9-5-10-32(23-31)44-25-38(45)42-47-44)37(41-36)20-27-12-14-28(15-13-27)29-8-4-11-33(21-29)46-19-18-26-6-2-1-3-7-26/h4-5,8-17,21-24,26H,1-3,6-7,18-20,25H2,(H,42,45). The summed E-state index contributed by atoms with van der Waals surface area (Å²) < 4.78 is 6.87. The zero-order valence-corrected chi connectivity index (χ0v) is 29.1. The molecular formula is C38H36Cl2N4OS2. The molecule has 0 bridgehead atoms. The fourth-order valence-corrected chi connectivity index (χ4v) is 8.67. The summed E-state index contributed by atoms with van der Waals surface area (Å²) in [7, 11) is 0. The molecule has 0 spiro atoms. The van der Waals surface area contributed by atoms with Gasteiger partial charge in [0.15, 0.2) is 0 Å². The van der Waals surface area contributed by atoms with Gasteiger partial charge in [0, 0.05) is 33.8 Å². The molecule has 5 aromatic rings. The summed E-state index contributed by atoms with van der Waals surface area (Å²) in [5.74, 6) is 2.98. The van der Waals surface area contributed by atoms with Gasteiger partial charge in [0.2, 0.25) is 0 Å². The van der Waals surface area contributed by atoms with Crippen molar-refractivity contribution < 1.29 is 4.79 Å². The van der Waals surface area contributed by atoms with Crippen LogP contribution in [-0.2, 0) is 11.2 Å². The second-order valence-corrected chi connectivity index (χ2v) is 15.1. The van der Waals surface area contributed by atoms with E-state index in [9.17, 15) is 4.79 Å². The lowest BCUT2D eigenvalue weighted by molar-refractivity contribution is -0.117. The first-order valence-corrected chi connectivity index (χ1v) is 18.7. The normalized spacial score (nSPS) is 15.3. The summed E-state index contributed by atoms with van der Waals surface area (Å²) in [6, 6.07) is 31.4. The Morgan fingerprint density at radius 3 is 2.47 bits per heavy atom. The van der Waals surface area contributed by atoms with Crippen LogP contribution in [0.5, 0.6) is 0 Å². The lowest BCUT2D eigenvalue weighted by Crippen LogP contribution is -2.15. The highest BCUT2D eigenvalue weighted by Crippen LogP contribution is 2.34. The fourth-order valence-electron chi connectivity index (χ4n) is 6.42. The Bertz CT molecular complexity index is 1870. The van der Waals surface area contributed by atoms with Gasteiger partial charge in [-0.1, -0.05) is 97.8 Å². The van der Waals surface area contributed by atoms with E-state index in [1.807, 2.05) is 46.5 Å². The molecule has 1 aromatic heterocycles. The number of nitrogens with one attached hydrogen (secondary N) is 1. The molecule has 1 saturated heterocycles. The number of hydrogen-bond donors (Lipinski definition) is 1. The summed E-state index contributed by atoms with van der Waals surface area (Å²) in [6.07, 6.45) is 11.0. The second-order valence-electron chi connectivity index (χ2n) is 12.3. The lowest BCUT2D eigenvalue weighted by Gasteiger charge is -2.21. The molecule has 5 nitrogen and oxygen atoms in total. The Morgan fingerprint density at radius 2 is 1.68 bits per heavy atom. The molecule has 1 amide bonds. The monoisotopic (exact) mass is 698 g/mol. The van der Waals surface area contributed by atoms with E-state index in [0.717, 1.165) is 39.9 Å². The van der Waals surface area contributed by atoms with Gasteiger partial charge in [-0.25, -0.2) is 4.98 Å². The largest absolute Gasteiger partial charge is 0.303 e. The summed E-state index contributed by atoms with van der Waals surface area (Å²) in [4.78, 5) is 18.3. The molecule has 2 heterocycles. The van der Waals surface area contributed by atoms with Gasteiger partial charge in [-0.3, -0.25) is 13.8 Å². The van der Waals surface area contributed by atoms with Gasteiger partial charge in [-0.2, -0.15) is 0 Å². The summed E-state index contributed by atoms with van der Waals surface area (Å²) >= 11 is 16.1. The SMILES string of the molecule is O=C1CN(c2cccc(-n3cc(-c4ccc(Cl)cc4Cl)nc3Cc3ccc(-c4cccc(SCCC5CCCCC5)c4)cc3)c2)SN1. The van der Waals surface area contributed by atoms with Crippen LogP contribution < -0.4 is 9.03 Å². The van der Waals surface area contributed by atoms with Crippen LogP contribution in [0.2, 0.25) is 10.0 Å². The van der Waals surface area contributed by atoms with Gasteiger partial charge >= 0.3 is 0 Å². The van der Waals surface area contributed by atoms with Crippen molar-refractivity contribution >= 4 is 58.7 Å². The third-order valence-corrected chi connectivity index (χ3v) is 11.4. The highest BCUT2D eigenvalue weighted by atomic mass is 35.5. The molecule has 0 unspecified atom stereocenters. The zero-order chi connectivity index (χ0) is 32.2. The van der Waals surface area contributed by atoms with E-state index in [1.54, 1.807) is 6.07 Å². The molecule has 1 aliphatic carbocycles. The van der Waals surface area contributed by atoms with Crippen molar-refractivity contribution in [1.82, 2.24) is 14.3 Å². The number of rotatable bonds is 10. The Labute approximate surface area is 295 Å². The van der Waals surface area contributed by atoms with Crippen molar-refractivity contribution in [3.63, 3.8) is 0 Å². The van der Waals surface area contributed by atoms with Crippen LogP contribution in [0.25, 0.3) is 28.1 Å². The number of thioether (sulfide) groups is 1. The van der Waals surface area contributed by atoms with E-state index in [0.29, 0.717) is 23.0 Å². The predicted molar refractivity (Wildman–Crippen MR) is 199 cm³/mol. The van der Waals surface area contributed by atoms with E-state index in [4.69, 9.17) is 28.2 Å². The minimum atomic E-state index is -0.00743. The highest BCUT2D eigenvalue weighted by molar-refractivity contribution is 7.99. The molecule has 0 radical (unpaired) electrons. The number of amides is 1. The number of carbonyl (C=O) groups is 1. The quantitative estimate of drug-likeness (QED) is 0.116. The lowest BCUT2D eigenvalue weighted by atomic mass is 9.88. The van der Waals surface area contributed by atoms with Gasteiger partial charge in [0.25, 0.3) is 5.91 Å². The predicted octanol–water partition coefficient (Wildman–Crippen LogP) is 10.7. The molecule has 7 rings (SSSR count). The van der Waals surface area contributed by atoms with Crippen LogP contribution in [0.1, 0.15) is 49.9 Å². The number of benzene rings is 4. The molecule has 2 fully saturated rings. The molecule has 1 saturated carbocycles. The van der Waals surface area contributed by atoms with E-state index >= 15 is 0 Å². The number of aromatic nitrogens is 2. The van der Waals surface area contributed by atoms with Gasteiger partial charge in [-0.05, 0) is 83.3 Å². The molecule has 47 heavy (non-hydrogen) atoms. The first kappa shape index (κ1) is 32.2. The maximum absolute atomic E-state index is 11.9. The van der Waals surface area contributed by atoms with Gasteiger partial charge < -0.3 is 4.57 Å². The third kappa shape index (κ3) is 7.86. The van der Waals surface area contributed by atoms with E-state index in [-0.39, 0.29) is 5.91 Å². The van der Waals surface area contributed by atoms with Gasteiger partial charge in [-0.15, -0.1) is 11.8 Å². The van der Waals surface area contributed by atoms with Crippen molar-refractivity contribution in [3.05, 3.63) is 119 Å². The Hall–Kier alpha value is -3.36. The Kier molecular flexibility index (Phi) is 10.2. The van der Waals surface area contributed by atoms with Crippen molar-refractivity contribution in [2.24, 2.45) is 5.92 Å². The van der Waals surface area contributed by atoms with Crippen LogP contribution >= 0.6 is 47.1 Å². The van der Waals surface area contributed by atoms with Gasteiger partial charge in [0.05, 0.1) is 28.5 Å². The summed E-state index contributed by atoms with van der Waals surface area (Å²) in [5, 5.41) is 1.14. The zero-order valence-electron chi connectivity index (χ0n) is 26.0.